The molecule has 0 aromatic rings. The van der Waals surface area contributed by atoms with Gasteiger partial charge in [0.25, 0.3) is 0 Å². The zero-order valence-corrected chi connectivity index (χ0v) is 41.1. The first-order chi connectivity index (χ1) is 32.8. The van der Waals surface area contributed by atoms with Crippen molar-refractivity contribution in [3.8, 4) is 0 Å². The van der Waals surface area contributed by atoms with Crippen LogP contribution in [0.1, 0.15) is 123 Å². The number of unbranched alkanes of at least 4 members (excludes halogenated alkanes) is 3. The normalized spacial score (nSPS) is 22.7. The lowest BCUT2D eigenvalue weighted by Crippen LogP contribution is -2.64. The SMILES string of the molecule is CC/C=C\C/C=C\C/C=C\C/C=C\C/C=C\C=C/C(O)CCC(=O)O[C@H](COC(=O)CCCCC/C=C\C/C=C\C/C=C\C/C=C\C/C=C\CC)COP(=O)(O)OC1[C@H](O)[C@H](O)C(O)[C@H](O)[C@H]1O. The van der Waals surface area contributed by atoms with Gasteiger partial charge in [0.15, 0.2) is 6.10 Å². The highest BCUT2D eigenvalue weighted by Gasteiger charge is 2.51. The molecule has 0 saturated heterocycles. The van der Waals surface area contributed by atoms with Gasteiger partial charge in [-0.2, -0.15) is 0 Å². The van der Waals surface area contributed by atoms with Crippen molar-refractivity contribution in [3.05, 3.63) is 134 Å². The minimum atomic E-state index is -5.21. The van der Waals surface area contributed by atoms with Crippen LogP contribution in [0.15, 0.2) is 134 Å². The highest BCUT2D eigenvalue weighted by Crippen LogP contribution is 2.47. The molecule has 7 N–H and O–H groups in total. The molecule has 0 aromatic carbocycles. The Morgan fingerprint density at radius 2 is 0.971 bits per heavy atom. The summed E-state index contributed by atoms with van der Waals surface area (Å²) < 4.78 is 33.3. The second kappa shape index (κ2) is 40.8. The maximum absolute atomic E-state index is 12.8. The molecule has 9 atom stereocenters. The summed E-state index contributed by atoms with van der Waals surface area (Å²) in [5.41, 5.74) is 0. The molecule has 0 aliphatic heterocycles. The Hall–Kier alpha value is -4.05. The Bertz CT molecular complexity index is 1710. The van der Waals surface area contributed by atoms with E-state index in [1.165, 1.54) is 6.08 Å². The van der Waals surface area contributed by atoms with Gasteiger partial charge < -0.3 is 45.0 Å². The van der Waals surface area contributed by atoms with Gasteiger partial charge in [-0.05, 0) is 89.9 Å². The second-order valence-corrected chi connectivity index (χ2v) is 17.5. The molecule has 1 saturated carbocycles. The van der Waals surface area contributed by atoms with E-state index in [0.717, 1.165) is 77.0 Å². The Kier molecular flexibility index (Phi) is 37.2. The molecule has 68 heavy (non-hydrogen) atoms. The molecule has 1 fully saturated rings. The molecule has 0 amide bonds. The number of aliphatic hydroxyl groups excluding tert-OH is 6. The first-order valence-corrected chi connectivity index (χ1v) is 25.6. The van der Waals surface area contributed by atoms with Gasteiger partial charge in [0.2, 0.25) is 0 Å². The van der Waals surface area contributed by atoms with E-state index in [0.29, 0.717) is 12.8 Å². The Morgan fingerprint density at radius 3 is 1.46 bits per heavy atom. The van der Waals surface area contributed by atoms with E-state index >= 15 is 0 Å². The zero-order chi connectivity index (χ0) is 50.1. The van der Waals surface area contributed by atoms with Gasteiger partial charge in [0.05, 0.1) is 12.7 Å². The second-order valence-electron chi connectivity index (χ2n) is 16.0. The van der Waals surface area contributed by atoms with Crippen molar-refractivity contribution in [1.29, 1.82) is 0 Å². The predicted octanol–water partition coefficient (Wildman–Crippen LogP) is 8.91. The lowest BCUT2D eigenvalue weighted by Gasteiger charge is -2.41. The minimum absolute atomic E-state index is 0.0252. The van der Waals surface area contributed by atoms with Crippen molar-refractivity contribution >= 4 is 19.8 Å². The van der Waals surface area contributed by atoms with Crippen LogP contribution in [0.3, 0.4) is 0 Å². The van der Waals surface area contributed by atoms with Gasteiger partial charge in [-0.3, -0.25) is 18.6 Å². The average molecular weight is 973 g/mol. The van der Waals surface area contributed by atoms with E-state index in [1.54, 1.807) is 12.2 Å². The minimum Gasteiger partial charge on any atom is -0.462 e. The fourth-order valence-corrected chi connectivity index (χ4v) is 7.22. The van der Waals surface area contributed by atoms with Crippen molar-refractivity contribution in [2.75, 3.05) is 13.2 Å². The average Bonchev–Trinajstić information content (AvgIpc) is 3.32. The van der Waals surface area contributed by atoms with Crippen LogP contribution in [0.5, 0.6) is 0 Å². The number of rotatable bonds is 37. The van der Waals surface area contributed by atoms with Crippen LogP contribution in [0.2, 0.25) is 0 Å². The molecule has 1 aliphatic rings. The molecular weight excluding hydrogens is 892 g/mol. The van der Waals surface area contributed by atoms with Crippen molar-refractivity contribution in [2.24, 2.45) is 0 Å². The van der Waals surface area contributed by atoms with Crippen molar-refractivity contribution in [2.45, 2.75) is 172 Å². The van der Waals surface area contributed by atoms with Crippen LogP contribution >= 0.6 is 7.82 Å². The van der Waals surface area contributed by atoms with E-state index in [-0.39, 0.29) is 19.3 Å². The summed E-state index contributed by atoms with van der Waals surface area (Å²) in [7, 11) is -5.21. The maximum atomic E-state index is 12.8. The summed E-state index contributed by atoms with van der Waals surface area (Å²) in [5.74, 6) is -1.44. The summed E-state index contributed by atoms with van der Waals surface area (Å²) in [6.07, 6.45) is 42.4. The summed E-state index contributed by atoms with van der Waals surface area (Å²) in [6, 6.07) is 0. The third-order valence-corrected chi connectivity index (χ3v) is 11.1. The number of hydrogen-bond donors (Lipinski definition) is 7. The Morgan fingerprint density at radius 1 is 0.529 bits per heavy atom. The number of aliphatic hydroxyl groups is 6. The van der Waals surface area contributed by atoms with Crippen LogP contribution in [-0.2, 0) is 32.7 Å². The molecule has 0 spiro atoms. The predicted molar refractivity (Wildman–Crippen MR) is 268 cm³/mol. The van der Waals surface area contributed by atoms with Gasteiger partial charge >= 0.3 is 19.8 Å². The number of carbonyl (C=O) groups excluding carboxylic acids is 2. The summed E-state index contributed by atoms with van der Waals surface area (Å²) in [5, 5.41) is 60.6. The van der Waals surface area contributed by atoms with Crippen molar-refractivity contribution < 1.29 is 68.2 Å². The van der Waals surface area contributed by atoms with Gasteiger partial charge in [0, 0.05) is 12.8 Å². The fourth-order valence-electron chi connectivity index (χ4n) is 6.24. The maximum Gasteiger partial charge on any atom is 0.472 e. The van der Waals surface area contributed by atoms with Gasteiger partial charge in [0.1, 0.15) is 43.2 Å². The molecule has 15 heteroatoms. The Balaban J connectivity index is 2.59. The largest absolute Gasteiger partial charge is 0.472 e. The third kappa shape index (κ3) is 32.7. The molecule has 382 valence electrons. The van der Waals surface area contributed by atoms with Gasteiger partial charge in [-0.15, -0.1) is 0 Å². The highest BCUT2D eigenvalue weighted by molar-refractivity contribution is 7.47. The van der Waals surface area contributed by atoms with Gasteiger partial charge in [-0.1, -0.05) is 154 Å². The van der Waals surface area contributed by atoms with Crippen LogP contribution in [0.4, 0.5) is 0 Å². The quantitative estimate of drug-likeness (QED) is 0.0101. The smallest absolute Gasteiger partial charge is 0.462 e. The molecule has 1 rings (SSSR count). The fraction of sp³-hybridized carbons (Fsp3) is 0.547. The summed E-state index contributed by atoms with van der Waals surface area (Å²) >= 11 is 0. The molecular formula is C53H81O14P. The number of esters is 2. The lowest BCUT2D eigenvalue weighted by molar-refractivity contribution is -0.220. The van der Waals surface area contributed by atoms with E-state index < -0.39 is 81.8 Å². The molecule has 0 aromatic heterocycles. The topological polar surface area (TPSA) is 230 Å². The van der Waals surface area contributed by atoms with E-state index in [9.17, 15) is 49.7 Å². The number of ether oxygens (including phenoxy) is 2. The number of hydrogen-bond acceptors (Lipinski definition) is 13. The number of carbonyl (C=O) groups is 2. The van der Waals surface area contributed by atoms with Crippen molar-refractivity contribution in [3.63, 3.8) is 0 Å². The first kappa shape index (κ1) is 62.0. The Labute approximate surface area is 405 Å². The highest BCUT2D eigenvalue weighted by atomic mass is 31.2. The number of phosphoric acid groups is 1. The van der Waals surface area contributed by atoms with Crippen LogP contribution in [0, 0.1) is 0 Å². The molecule has 0 radical (unpaired) electrons. The number of phosphoric ester groups is 1. The molecule has 14 nitrogen and oxygen atoms in total. The lowest BCUT2D eigenvalue weighted by atomic mass is 9.85. The molecule has 4 unspecified atom stereocenters. The monoisotopic (exact) mass is 973 g/mol. The van der Waals surface area contributed by atoms with Crippen molar-refractivity contribution in [1.82, 2.24) is 0 Å². The molecule has 1 aliphatic carbocycles. The first-order valence-electron chi connectivity index (χ1n) is 24.1. The molecule has 0 bridgehead atoms. The van der Waals surface area contributed by atoms with Gasteiger partial charge in [-0.25, -0.2) is 4.57 Å². The third-order valence-electron chi connectivity index (χ3n) is 10.1. The standard InChI is InChI=1S/C53H81O14P/c1-3-5-7-9-11-13-15-17-19-21-22-23-25-27-29-31-33-35-37-39-46(55)64-42-45(43-65-68(62,63)67-53-51(60)49(58)48(57)50(59)52(53)61)66-47(56)41-40-44(54)38-36-34-32-30-28-26-24-20-18-16-14-12-10-8-6-4-2/h5-8,11-14,17-20,22-23,26-29,32,34,36,38,44-45,48-54,57-61H,3-4,9-10,15-16,21,24-25,30-31,33,35,37,39-43H2,1-2H3,(H,62,63)/b7-5-,8-6-,13-11-,14-12-,19-17-,20-18-,23-22-,28-26-,29-27-,34-32-,38-36-/t44?,45-,48?,49-,50+,51-,52-,53?/m1/s1. The van der Waals surface area contributed by atoms with Crippen LogP contribution < -0.4 is 0 Å². The van der Waals surface area contributed by atoms with Crippen LogP contribution in [0.25, 0.3) is 0 Å². The van der Waals surface area contributed by atoms with E-state index in [4.69, 9.17) is 18.5 Å². The van der Waals surface area contributed by atoms with Crippen LogP contribution in [-0.4, -0.2) is 110 Å². The molecule has 0 heterocycles. The number of allylic oxidation sites excluding steroid dienone is 21. The van der Waals surface area contributed by atoms with E-state index in [2.05, 4.69) is 117 Å². The van der Waals surface area contributed by atoms with E-state index in [1.807, 2.05) is 12.2 Å². The summed E-state index contributed by atoms with van der Waals surface area (Å²) in [4.78, 5) is 35.8. The zero-order valence-electron chi connectivity index (χ0n) is 40.2. The summed E-state index contributed by atoms with van der Waals surface area (Å²) in [6.45, 7) is 2.82.